The Hall–Kier alpha value is -4.66. The molecular weight excluding hydrogens is 546 g/mol. The fourth-order valence-electron chi connectivity index (χ4n) is 4.30. The topological polar surface area (TPSA) is 274 Å². The molecule has 13 N–H and O–H groups in total. The lowest BCUT2D eigenvalue weighted by molar-refractivity contribution is -0.143. The standard InChI is InChI=1S/C27H41N9O6/c1-3-14(2)22(25(40)34-19(26(41)42)9-6-10-32-27(30)31)36-24(39)20(12-21(29)37)35-23(38)17(28)11-15-13-33-18-8-5-4-7-16(15)18/h4-5,7-8,13-14,17,19-20,22,33H,3,6,9-12,28H2,1-2H3,(H2,29,37)(H,34,40)(H,35,38)(H,36,39)(H,41,42)(H4,30,31,32). The van der Waals surface area contributed by atoms with Crippen molar-refractivity contribution >= 4 is 46.5 Å². The second-order valence-corrected chi connectivity index (χ2v) is 10.1. The molecule has 0 aliphatic heterocycles. The number of guanidine groups is 1. The highest BCUT2D eigenvalue weighted by atomic mass is 16.4. The van der Waals surface area contributed by atoms with Crippen LogP contribution in [0.2, 0.25) is 0 Å². The van der Waals surface area contributed by atoms with Gasteiger partial charge in [0.05, 0.1) is 12.5 Å². The Balaban J connectivity index is 2.12. The number of nitrogens with one attached hydrogen (secondary N) is 4. The van der Waals surface area contributed by atoms with Gasteiger partial charge < -0.3 is 49.0 Å². The van der Waals surface area contributed by atoms with Crippen LogP contribution >= 0.6 is 0 Å². The van der Waals surface area contributed by atoms with Crippen LogP contribution in [0.1, 0.15) is 45.1 Å². The highest BCUT2D eigenvalue weighted by molar-refractivity contribution is 5.96. The third kappa shape index (κ3) is 10.1. The average Bonchev–Trinajstić information content (AvgIpc) is 3.34. The molecule has 5 atom stereocenters. The molecule has 0 saturated heterocycles. The smallest absolute Gasteiger partial charge is 0.326 e. The van der Waals surface area contributed by atoms with E-state index in [1.165, 1.54) is 0 Å². The molecule has 0 saturated carbocycles. The number of aliphatic carboxylic acids is 1. The molecule has 4 amide bonds. The van der Waals surface area contributed by atoms with Crippen LogP contribution in [0, 0.1) is 5.92 Å². The van der Waals surface area contributed by atoms with Gasteiger partial charge in [0.15, 0.2) is 5.96 Å². The molecule has 0 aliphatic rings. The summed E-state index contributed by atoms with van der Waals surface area (Å²) in [4.78, 5) is 69.7. The Bertz CT molecular complexity index is 1290. The van der Waals surface area contributed by atoms with Gasteiger partial charge in [-0.25, -0.2) is 4.79 Å². The summed E-state index contributed by atoms with van der Waals surface area (Å²) in [6.45, 7) is 3.65. The van der Waals surface area contributed by atoms with Crippen LogP contribution in [-0.2, 0) is 30.4 Å². The molecule has 1 aromatic heterocycles. The van der Waals surface area contributed by atoms with Gasteiger partial charge in [-0.1, -0.05) is 38.5 Å². The summed E-state index contributed by atoms with van der Waals surface area (Å²) in [6, 6.07) is 2.57. The predicted molar refractivity (Wildman–Crippen MR) is 157 cm³/mol. The Morgan fingerprint density at radius 3 is 2.26 bits per heavy atom. The SMILES string of the molecule is CCC(C)C(NC(=O)C(CC(N)=O)NC(=O)C(N)Cc1c[nH]c2ccccc12)C(=O)NC(CCCN=C(N)N)C(=O)O. The summed E-state index contributed by atoms with van der Waals surface area (Å²) in [7, 11) is 0. The summed E-state index contributed by atoms with van der Waals surface area (Å²) < 4.78 is 0. The number of aromatic amines is 1. The fraction of sp³-hybridized carbons (Fsp3) is 0.481. The van der Waals surface area contributed by atoms with Crippen LogP contribution in [0.5, 0.6) is 0 Å². The van der Waals surface area contributed by atoms with E-state index in [9.17, 15) is 29.1 Å². The minimum Gasteiger partial charge on any atom is -0.480 e. The molecule has 0 bridgehead atoms. The number of hydrogen-bond acceptors (Lipinski definition) is 7. The van der Waals surface area contributed by atoms with Gasteiger partial charge in [0, 0.05) is 23.6 Å². The minimum atomic E-state index is -1.42. The second-order valence-electron chi connectivity index (χ2n) is 10.1. The van der Waals surface area contributed by atoms with Crippen LogP contribution in [0.4, 0.5) is 0 Å². The van der Waals surface area contributed by atoms with Crippen LogP contribution < -0.4 is 38.9 Å². The zero-order valence-corrected chi connectivity index (χ0v) is 23.8. The summed E-state index contributed by atoms with van der Waals surface area (Å²) in [5.74, 6) is -4.99. The molecule has 42 heavy (non-hydrogen) atoms. The molecule has 15 heteroatoms. The predicted octanol–water partition coefficient (Wildman–Crippen LogP) is -1.45. The third-order valence-electron chi connectivity index (χ3n) is 6.84. The van der Waals surface area contributed by atoms with Gasteiger partial charge in [-0.05, 0) is 36.8 Å². The number of benzene rings is 1. The number of fused-ring (bicyclic) bond motifs is 1. The van der Waals surface area contributed by atoms with Crippen LogP contribution in [-0.4, -0.2) is 76.4 Å². The summed E-state index contributed by atoms with van der Waals surface area (Å²) >= 11 is 0. The lowest BCUT2D eigenvalue weighted by Gasteiger charge is -2.28. The van der Waals surface area contributed by atoms with Gasteiger partial charge >= 0.3 is 5.97 Å². The average molecular weight is 588 g/mol. The van der Waals surface area contributed by atoms with Gasteiger partial charge in [0.25, 0.3) is 0 Å². The first kappa shape index (κ1) is 33.5. The summed E-state index contributed by atoms with van der Waals surface area (Å²) in [6.07, 6.45) is 2.11. The zero-order chi connectivity index (χ0) is 31.4. The number of para-hydroxylation sites is 1. The number of nitrogens with two attached hydrogens (primary N) is 4. The highest BCUT2D eigenvalue weighted by Crippen LogP contribution is 2.19. The van der Waals surface area contributed by atoms with E-state index in [0.717, 1.165) is 16.5 Å². The number of hydrogen-bond donors (Lipinski definition) is 9. The first-order valence-corrected chi connectivity index (χ1v) is 13.6. The number of nitrogens with zero attached hydrogens (tertiary/aromatic N) is 1. The van der Waals surface area contributed by atoms with Crippen molar-refractivity contribution in [3.8, 4) is 0 Å². The molecule has 230 valence electrons. The molecule has 0 radical (unpaired) electrons. The van der Waals surface area contributed by atoms with Crippen molar-refractivity contribution in [2.45, 2.75) is 70.1 Å². The monoisotopic (exact) mass is 587 g/mol. The van der Waals surface area contributed by atoms with E-state index >= 15 is 0 Å². The molecule has 15 nitrogen and oxygen atoms in total. The molecule has 1 heterocycles. The maximum absolute atomic E-state index is 13.2. The minimum absolute atomic E-state index is 0.0354. The van der Waals surface area contributed by atoms with Gasteiger partial charge in [0.1, 0.15) is 18.1 Å². The van der Waals surface area contributed by atoms with E-state index in [2.05, 4.69) is 25.9 Å². The lowest BCUT2D eigenvalue weighted by Crippen LogP contribution is -2.59. The van der Waals surface area contributed by atoms with Crippen molar-refractivity contribution in [3.63, 3.8) is 0 Å². The number of carboxylic acids is 1. The van der Waals surface area contributed by atoms with Gasteiger partial charge in [0.2, 0.25) is 23.6 Å². The fourth-order valence-corrected chi connectivity index (χ4v) is 4.30. The Morgan fingerprint density at radius 2 is 1.64 bits per heavy atom. The molecule has 1 aromatic carbocycles. The third-order valence-corrected chi connectivity index (χ3v) is 6.84. The van der Waals surface area contributed by atoms with Crippen molar-refractivity contribution in [2.24, 2.45) is 33.8 Å². The van der Waals surface area contributed by atoms with Crippen LogP contribution in [0.3, 0.4) is 0 Å². The Labute approximate surface area is 243 Å². The number of primary amides is 1. The largest absolute Gasteiger partial charge is 0.480 e. The lowest BCUT2D eigenvalue weighted by atomic mass is 9.97. The van der Waals surface area contributed by atoms with Crippen molar-refractivity contribution in [2.75, 3.05) is 6.54 Å². The van der Waals surface area contributed by atoms with E-state index in [4.69, 9.17) is 22.9 Å². The number of carbonyl (C=O) groups is 5. The van der Waals surface area contributed by atoms with Crippen molar-refractivity contribution in [1.29, 1.82) is 0 Å². The van der Waals surface area contributed by atoms with E-state index in [0.29, 0.717) is 6.42 Å². The normalized spacial score (nSPS) is 14.5. The summed E-state index contributed by atoms with van der Waals surface area (Å²) in [5, 5.41) is 17.9. The van der Waals surface area contributed by atoms with Gasteiger partial charge in [-0.3, -0.25) is 24.2 Å². The van der Waals surface area contributed by atoms with Crippen LogP contribution in [0.15, 0.2) is 35.5 Å². The first-order chi connectivity index (χ1) is 19.8. The number of amides is 4. The molecule has 2 rings (SSSR count). The zero-order valence-electron chi connectivity index (χ0n) is 23.8. The molecule has 5 unspecified atom stereocenters. The van der Waals surface area contributed by atoms with Crippen LogP contribution in [0.25, 0.3) is 10.9 Å². The quantitative estimate of drug-likeness (QED) is 0.0594. The van der Waals surface area contributed by atoms with E-state index in [-0.39, 0.29) is 31.8 Å². The number of aromatic nitrogens is 1. The van der Waals surface area contributed by atoms with Gasteiger partial charge in [-0.2, -0.15) is 0 Å². The number of carboxylic acid groups (broad SMARTS) is 1. The number of rotatable bonds is 17. The highest BCUT2D eigenvalue weighted by Gasteiger charge is 2.33. The molecule has 0 spiro atoms. The number of carbonyl (C=O) groups excluding carboxylic acids is 4. The maximum Gasteiger partial charge on any atom is 0.326 e. The number of H-pyrrole nitrogens is 1. The molecule has 2 aromatic rings. The molecule has 0 aliphatic carbocycles. The van der Waals surface area contributed by atoms with Crippen molar-refractivity contribution < 1.29 is 29.1 Å². The molecular formula is C27H41N9O6. The van der Waals surface area contributed by atoms with E-state index in [1.807, 2.05) is 24.3 Å². The first-order valence-electron chi connectivity index (χ1n) is 13.6. The number of aliphatic imine (C=N–C) groups is 1. The van der Waals surface area contributed by atoms with Crippen molar-refractivity contribution in [1.82, 2.24) is 20.9 Å². The maximum atomic E-state index is 13.2. The van der Waals surface area contributed by atoms with Gasteiger partial charge in [-0.15, -0.1) is 0 Å². The Kier molecular flexibility index (Phi) is 12.7. The van der Waals surface area contributed by atoms with E-state index < -0.39 is 66.1 Å². The van der Waals surface area contributed by atoms with E-state index in [1.54, 1.807) is 20.0 Å². The van der Waals surface area contributed by atoms with Crippen molar-refractivity contribution in [3.05, 3.63) is 36.0 Å². The summed E-state index contributed by atoms with van der Waals surface area (Å²) in [5.41, 5.74) is 23.7. The Morgan fingerprint density at radius 1 is 0.976 bits per heavy atom. The second kappa shape index (κ2) is 16.0. The molecule has 0 fully saturated rings.